The van der Waals surface area contributed by atoms with Crippen molar-refractivity contribution < 1.29 is 9.53 Å². The van der Waals surface area contributed by atoms with Crippen LogP contribution in [-0.4, -0.2) is 5.97 Å². The van der Waals surface area contributed by atoms with Crippen LogP contribution in [0.25, 0.3) is 0 Å². The number of carbonyl (C=O) groups is 1. The number of nitrogens with two attached hydrogens (primary N) is 1. The van der Waals surface area contributed by atoms with Gasteiger partial charge in [-0.1, -0.05) is 18.2 Å². The molecule has 70 valence electrons. The third-order valence-corrected chi connectivity index (χ3v) is 1.78. The van der Waals surface area contributed by atoms with Gasteiger partial charge in [0.2, 0.25) is 0 Å². The topological polar surface area (TPSA) is 52.3 Å². The second-order valence-corrected chi connectivity index (χ2v) is 2.88. The van der Waals surface area contributed by atoms with E-state index in [1.165, 1.54) is 6.92 Å². The number of hydrogen-bond donors (Lipinski definition) is 1. The summed E-state index contributed by atoms with van der Waals surface area (Å²) in [6.07, 6.45) is -0.279. The SMILES string of the molecule is CC(=O)OC(C)c1ccccc1N. The minimum atomic E-state index is -0.296. The van der Waals surface area contributed by atoms with E-state index >= 15 is 0 Å². The maximum Gasteiger partial charge on any atom is 0.303 e. The Morgan fingerprint density at radius 3 is 2.62 bits per heavy atom. The standard InChI is InChI=1S/C10H13NO2/c1-7(13-8(2)12)9-5-3-4-6-10(9)11/h3-7H,11H2,1-2H3. The second-order valence-electron chi connectivity index (χ2n) is 2.88. The van der Waals surface area contributed by atoms with Crippen LogP contribution in [0.15, 0.2) is 24.3 Å². The van der Waals surface area contributed by atoms with E-state index in [0.717, 1.165) is 5.56 Å². The summed E-state index contributed by atoms with van der Waals surface area (Å²) in [7, 11) is 0. The highest BCUT2D eigenvalue weighted by Crippen LogP contribution is 2.22. The number of ether oxygens (including phenoxy) is 1. The Morgan fingerprint density at radius 1 is 1.46 bits per heavy atom. The number of para-hydroxylation sites is 1. The van der Waals surface area contributed by atoms with Crippen LogP contribution in [0, 0.1) is 0 Å². The summed E-state index contributed by atoms with van der Waals surface area (Å²) in [5.41, 5.74) is 7.20. The van der Waals surface area contributed by atoms with Gasteiger partial charge in [-0.05, 0) is 13.0 Å². The molecule has 3 heteroatoms. The molecule has 13 heavy (non-hydrogen) atoms. The number of esters is 1. The molecule has 0 aliphatic carbocycles. The summed E-state index contributed by atoms with van der Waals surface area (Å²) in [6, 6.07) is 7.35. The first-order valence-electron chi connectivity index (χ1n) is 4.13. The van der Waals surface area contributed by atoms with Gasteiger partial charge < -0.3 is 10.5 Å². The van der Waals surface area contributed by atoms with Crippen molar-refractivity contribution in [2.75, 3.05) is 5.73 Å². The first-order valence-corrected chi connectivity index (χ1v) is 4.13. The van der Waals surface area contributed by atoms with Crippen LogP contribution >= 0.6 is 0 Å². The first kappa shape index (κ1) is 9.58. The molecule has 0 aromatic heterocycles. The van der Waals surface area contributed by atoms with Crippen molar-refractivity contribution in [3.63, 3.8) is 0 Å². The average Bonchev–Trinajstić information content (AvgIpc) is 2.03. The first-order chi connectivity index (χ1) is 6.11. The van der Waals surface area contributed by atoms with Gasteiger partial charge in [0.05, 0.1) is 0 Å². The van der Waals surface area contributed by atoms with E-state index in [-0.39, 0.29) is 12.1 Å². The molecular formula is C10H13NO2. The lowest BCUT2D eigenvalue weighted by Crippen LogP contribution is -2.06. The molecule has 0 aliphatic heterocycles. The quantitative estimate of drug-likeness (QED) is 0.557. The average molecular weight is 179 g/mol. The molecule has 0 radical (unpaired) electrons. The molecule has 0 fully saturated rings. The van der Waals surface area contributed by atoms with Crippen molar-refractivity contribution in [1.82, 2.24) is 0 Å². The van der Waals surface area contributed by atoms with Gasteiger partial charge in [0.1, 0.15) is 6.10 Å². The highest BCUT2D eigenvalue weighted by molar-refractivity contribution is 5.66. The molecule has 1 aromatic carbocycles. The molecule has 1 rings (SSSR count). The number of anilines is 1. The zero-order valence-electron chi connectivity index (χ0n) is 7.78. The highest BCUT2D eigenvalue weighted by atomic mass is 16.5. The van der Waals surface area contributed by atoms with Gasteiger partial charge in [-0.25, -0.2) is 0 Å². The summed E-state index contributed by atoms with van der Waals surface area (Å²) in [5, 5.41) is 0. The Hall–Kier alpha value is -1.51. The number of nitrogen functional groups attached to an aromatic ring is 1. The molecular weight excluding hydrogens is 166 g/mol. The molecule has 1 unspecified atom stereocenters. The number of carbonyl (C=O) groups excluding carboxylic acids is 1. The van der Waals surface area contributed by atoms with E-state index in [0.29, 0.717) is 5.69 Å². The molecule has 0 saturated heterocycles. The number of rotatable bonds is 2. The smallest absolute Gasteiger partial charge is 0.303 e. The lowest BCUT2D eigenvalue weighted by Gasteiger charge is -2.13. The molecule has 0 heterocycles. The van der Waals surface area contributed by atoms with Crippen molar-refractivity contribution in [2.45, 2.75) is 20.0 Å². The van der Waals surface area contributed by atoms with Gasteiger partial charge in [0, 0.05) is 18.2 Å². The van der Waals surface area contributed by atoms with E-state index in [1.54, 1.807) is 13.0 Å². The summed E-state index contributed by atoms with van der Waals surface area (Å²) < 4.78 is 5.00. The van der Waals surface area contributed by atoms with Gasteiger partial charge in [0.15, 0.2) is 0 Å². The third-order valence-electron chi connectivity index (χ3n) is 1.78. The molecule has 0 amide bonds. The van der Waals surface area contributed by atoms with Crippen molar-refractivity contribution in [3.05, 3.63) is 29.8 Å². The zero-order chi connectivity index (χ0) is 9.84. The van der Waals surface area contributed by atoms with Crippen LogP contribution in [-0.2, 0) is 9.53 Å². The minimum Gasteiger partial charge on any atom is -0.458 e. The van der Waals surface area contributed by atoms with Crippen LogP contribution in [0.1, 0.15) is 25.5 Å². The van der Waals surface area contributed by atoms with Crippen LogP contribution in [0.5, 0.6) is 0 Å². The Bertz CT molecular complexity index is 310. The molecule has 3 nitrogen and oxygen atoms in total. The van der Waals surface area contributed by atoms with Crippen LogP contribution < -0.4 is 5.73 Å². The Labute approximate surface area is 77.5 Å². The fourth-order valence-electron chi connectivity index (χ4n) is 1.19. The maximum atomic E-state index is 10.7. The number of hydrogen-bond acceptors (Lipinski definition) is 3. The normalized spacial score (nSPS) is 12.2. The van der Waals surface area contributed by atoms with E-state index < -0.39 is 0 Å². The predicted octanol–water partition coefficient (Wildman–Crippen LogP) is 1.89. The molecule has 0 aliphatic rings. The molecule has 1 aromatic rings. The fourth-order valence-corrected chi connectivity index (χ4v) is 1.19. The van der Waals surface area contributed by atoms with Crippen LogP contribution in [0.3, 0.4) is 0 Å². The number of benzene rings is 1. The van der Waals surface area contributed by atoms with Crippen molar-refractivity contribution >= 4 is 11.7 Å². The van der Waals surface area contributed by atoms with E-state index in [2.05, 4.69) is 0 Å². The van der Waals surface area contributed by atoms with Crippen molar-refractivity contribution in [2.24, 2.45) is 0 Å². The van der Waals surface area contributed by atoms with E-state index in [1.807, 2.05) is 18.2 Å². The van der Waals surface area contributed by atoms with Gasteiger partial charge >= 0.3 is 5.97 Å². The third kappa shape index (κ3) is 2.47. The molecule has 0 saturated carbocycles. The zero-order valence-corrected chi connectivity index (χ0v) is 7.78. The van der Waals surface area contributed by atoms with Crippen LogP contribution in [0.2, 0.25) is 0 Å². The summed E-state index contributed by atoms with van der Waals surface area (Å²) >= 11 is 0. The fraction of sp³-hybridized carbons (Fsp3) is 0.300. The van der Waals surface area contributed by atoms with E-state index in [9.17, 15) is 4.79 Å². The summed E-state index contributed by atoms with van der Waals surface area (Å²) in [4.78, 5) is 10.7. The van der Waals surface area contributed by atoms with Crippen molar-refractivity contribution in [1.29, 1.82) is 0 Å². The monoisotopic (exact) mass is 179 g/mol. The molecule has 2 N–H and O–H groups in total. The second kappa shape index (κ2) is 3.94. The molecule has 0 bridgehead atoms. The highest BCUT2D eigenvalue weighted by Gasteiger charge is 2.10. The maximum absolute atomic E-state index is 10.7. The lowest BCUT2D eigenvalue weighted by atomic mass is 10.1. The predicted molar refractivity (Wildman–Crippen MR) is 51.0 cm³/mol. The Morgan fingerprint density at radius 2 is 2.08 bits per heavy atom. The lowest BCUT2D eigenvalue weighted by molar-refractivity contribution is -0.145. The largest absolute Gasteiger partial charge is 0.458 e. The Kier molecular flexibility index (Phi) is 2.90. The summed E-state index contributed by atoms with van der Waals surface area (Å²) in [6.45, 7) is 3.18. The molecule has 1 atom stereocenters. The summed E-state index contributed by atoms with van der Waals surface area (Å²) in [5.74, 6) is -0.296. The minimum absolute atomic E-state index is 0.279. The molecule has 0 spiro atoms. The van der Waals surface area contributed by atoms with Crippen LogP contribution in [0.4, 0.5) is 5.69 Å². The van der Waals surface area contributed by atoms with Gasteiger partial charge in [0.25, 0.3) is 0 Å². The Balaban J connectivity index is 2.82. The van der Waals surface area contributed by atoms with Crippen molar-refractivity contribution in [3.8, 4) is 0 Å². The van der Waals surface area contributed by atoms with Gasteiger partial charge in [-0.15, -0.1) is 0 Å². The van der Waals surface area contributed by atoms with E-state index in [4.69, 9.17) is 10.5 Å². The van der Waals surface area contributed by atoms with Gasteiger partial charge in [-0.3, -0.25) is 4.79 Å². The van der Waals surface area contributed by atoms with Gasteiger partial charge in [-0.2, -0.15) is 0 Å².